The Labute approximate surface area is 163 Å². The first kappa shape index (κ1) is 20.1. The lowest BCUT2D eigenvalue weighted by atomic mass is 10.2. The number of nitrogens with zero attached hydrogens (tertiary/aromatic N) is 1. The van der Waals surface area contributed by atoms with Crippen molar-refractivity contribution in [2.45, 2.75) is 13.1 Å². The number of halogens is 4. The minimum absolute atomic E-state index is 0.0215. The molecule has 150 valence electrons. The number of rotatable bonds is 4. The van der Waals surface area contributed by atoms with Crippen molar-refractivity contribution in [3.63, 3.8) is 0 Å². The van der Waals surface area contributed by atoms with Gasteiger partial charge in [0.25, 0.3) is 0 Å². The standard InChI is InChI=1S/C20H15F4N3O2/c1-12-7-8-15(21)17(10-12)27-19(28)26-16-6-3-9-25-18(16)29-14-5-2-4-13(11-14)20(22,23)24/h2-11H,1H3,(H2,26,27,28). The summed E-state index contributed by atoms with van der Waals surface area (Å²) < 4.78 is 57.8. The largest absolute Gasteiger partial charge is 0.437 e. The van der Waals surface area contributed by atoms with Crippen molar-refractivity contribution in [3.05, 3.63) is 77.7 Å². The summed E-state index contributed by atoms with van der Waals surface area (Å²) in [4.78, 5) is 16.2. The Hall–Kier alpha value is -3.62. The maximum atomic E-state index is 13.8. The fourth-order valence-corrected chi connectivity index (χ4v) is 2.43. The van der Waals surface area contributed by atoms with Gasteiger partial charge < -0.3 is 15.4 Å². The molecule has 0 saturated carbocycles. The van der Waals surface area contributed by atoms with Gasteiger partial charge in [0.1, 0.15) is 17.3 Å². The van der Waals surface area contributed by atoms with E-state index in [1.54, 1.807) is 13.0 Å². The van der Waals surface area contributed by atoms with Crippen LogP contribution in [0.5, 0.6) is 11.6 Å². The van der Waals surface area contributed by atoms with E-state index in [9.17, 15) is 22.4 Å². The van der Waals surface area contributed by atoms with Crippen LogP contribution in [0.4, 0.5) is 33.7 Å². The topological polar surface area (TPSA) is 63.2 Å². The van der Waals surface area contributed by atoms with E-state index >= 15 is 0 Å². The van der Waals surface area contributed by atoms with Crippen LogP contribution in [-0.4, -0.2) is 11.0 Å². The zero-order valence-corrected chi connectivity index (χ0v) is 15.0. The first-order valence-corrected chi connectivity index (χ1v) is 8.36. The molecule has 2 aromatic carbocycles. The molecule has 0 bridgehead atoms. The average molecular weight is 405 g/mol. The highest BCUT2D eigenvalue weighted by Crippen LogP contribution is 2.33. The van der Waals surface area contributed by atoms with Crippen LogP contribution in [0.25, 0.3) is 0 Å². The first-order chi connectivity index (χ1) is 13.7. The van der Waals surface area contributed by atoms with E-state index in [0.717, 1.165) is 17.7 Å². The van der Waals surface area contributed by atoms with Gasteiger partial charge in [-0.25, -0.2) is 14.2 Å². The summed E-state index contributed by atoms with van der Waals surface area (Å²) >= 11 is 0. The Kier molecular flexibility index (Phi) is 5.67. The number of benzene rings is 2. The molecule has 3 rings (SSSR count). The number of carbonyl (C=O) groups is 1. The number of nitrogens with one attached hydrogen (secondary N) is 2. The van der Waals surface area contributed by atoms with Crippen molar-refractivity contribution < 1.29 is 27.1 Å². The molecule has 0 unspecified atom stereocenters. The van der Waals surface area contributed by atoms with Crippen LogP contribution in [0.2, 0.25) is 0 Å². The zero-order chi connectivity index (χ0) is 21.0. The second-order valence-corrected chi connectivity index (χ2v) is 6.05. The van der Waals surface area contributed by atoms with Crippen LogP contribution < -0.4 is 15.4 Å². The summed E-state index contributed by atoms with van der Waals surface area (Å²) in [7, 11) is 0. The van der Waals surface area contributed by atoms with Crippen LogP contribution in [0.15, 0.2) is 60.8 Å². The van der Waals surface area contributed by atoms with Gasteiger partial charge in [-0.1, -0.05) is 12.1 Å². The number of hydrogen-bond donors (Lipinski definition) is 2. The number of pyridine rings is 1. The van der Waals surface area contributed by atoms with E-state index in [1.165, 1.54) is 42.6 Å². The minimum atomic E-state index is -4.53. The molecule has 0 spiro atoms. The van der Waals surface area contributed by atoms with Crippen molar-refractivity contribution in [2.24, 2.45) is 0 Å². The highest BCUT2D eigenvalue weighted by atomic mass is 19.4. The van der Waals surface area contributed by atoms with Crippen molar-refractivity contribution in [1.29, 1.82) is 0 Å². The molecule has 1 heterocycles. The zero-order valence-electron chi connectivity index (χ0n) is 15.0. The highest BCUT2D eigenvalue weighted by molar-refractivity contribution is 6.00. The van der Waals surface area contributed by atoms with Gasteiger partial charge in [0.2, 0.25) is 5.88 Å². The van der Waals surface area contributed by atoms with Crippen LogP contribution in [0.1, 0.15) is 11.1 Å². The van der Waals surface area contributed by atoms with E-state index in [-0.39, 0.29) is 23.0 Å². The van der Waals surface area contributed by atoms with Crippen LogP contribution in [0.3, 0.4) is 0 Å². The lowest BCUT2D eigenvalue weighted by molar-refractivity contribution is -0.137. The van der Waals surface area contributed by atoms with Gasteiger partial charge >= 0.3 is 12.2 Å². The summed E-state index contributed by atoms with van der Waals surface area (Å²) in [6.45, 7) is 1.74. The maximum absolute atomic E-state index is 13.8. The molecule has 5 nitrogen and oxygen atoms in total. The summed E-state index contributed by atoms with van der Waals surface area (Å²) in [5, 5.41) is 4.81. The molecular weight excluding hydrogens is 390 g/mol. The van der Waals surface area contributed by atoms with E-state index in [2.05, 4.69) is 15.6 Å². The number of hydrogen-bond acceptors (Lipinski definition) is 3. The number of alkyl halides is 3. The molecule has 1 aromatic heterocycles. The van der Waals surface area contributed by atoms with E-state index in [4.69, 9.17) is 4.74 Å². The molecule has 2 amide bonds. The van der Waals surface area contributed by atoms with Crippen molar-refractivity contribution in [2.75, 3.05) is 10.6 Å². The van der Waals surface area contributed by atoms with Gasteiger partial charge in [0.05, 0.1) is 11.3 Å². The Morgan fingerprint density at radius 2 is 1.76 bits per heavy atom. The number of ether oxygens (including phenoxy) is 1. The second-order valence-electron chi connectivity index (χ2n) is 6.05. The number of carbonyl (C=O) groups excluding carboxylic acids is 1. The molecule has 29 heavy (non-hydrogen) atoms. The second kappa shape index (κ2) is 8.17. The predicted molar refractivity (Wildman–Crippen MR) is 99.5 cm³/mol. The van der Waals surface area contributed by atoms with Crippen molar-refractivity contribution in [3.8, 4) is 11.6 Å². The number of aromatic nitrogens is 1. The van der Waals surface area contributed by atoms with Gasteiger partial charge in [0.15, 0.2) is 0 Å². The minimum Gasteiger partial charge on any atom is -0.437 e. The lowest BCUT2D eigenvalue weighted by Crippen LogP contribution is -2.20. The SMILES string of the molecule is Cc1ccc(F)c(NC(=O)Nc2cccnc2Oc2cccc(C(F)(F)F)c2)c1. The number of amides is 2. The van der Waals surface area contributed by atoms with Gasteiger partial charge in [-0.05, 0) is 55.0 Å². The van der Waals surface area contributed by atoms with Gasteiger partial charge in [-0.2, -0.15) is 13.2 Å². The molecule has 2 N–H and O–H groups in total. The van der Waals surface area contributed by atoms with Gasteiger partial charge in [0, 0.05) is 6.20 Å². The molecule has 0 aliphatic carbocycles. The number of aryl methyl sites for hydroxylation is 1. The molecule has 0 atom stereocenters. The quantitative estimate of drug-likeness (QED) is 0.525. The first-order valence-electron chi connectivity index (χ1n) is 8.36. The highest BCUT2D eigenvalue weighted by Gasteiger charge is 2.30. The summed E-state index contributed by atoms with van der Waals surface area (Å²) in [6.07, 6.45) is -3.17. The third-order valence-electron chi connectivity index (χ3n) is 3.77. The maximum Gasteiger partial charge on any atom is 0.416 e. The Bertz CT molecular complexity index is 1040. The predicted octanol–water partition coefficient (Wildman–Crippen LogP) is 5.98. The third kappa shape index (κ3) is 5.22. The Morgan fingerprint density at radius 3 is 2.52 bits per heavy atom. The summed E-state index contributed by atoms with van der Waals surface area (Å²) in [5.41, 5.74) is -0.0630. The van der Waals surface area contributed by atoms with Crippen molar-refractivity contribution >= 4 is 17.4 Å². The molecule has 0 aliphatic heterocycles. The molecular formula is C20H15F4N3O2. The number of urea groups is 1. The Balaban J connectivity index is 1.77. The lowest BCUT2D eigenvalue weighted by Gasteiger charge is -2.13. The molecule has 0 radical (unpaired) electrons. The van der Waals surface area contributed by atoms with Gasteiger partial charge in [-0.3, -0.25) is 0 Å². The van der Waals surface area contributed by atoms with E-state index in [1.807, 2.05) is 0 Å². The molecule has 9 heteroatoms. The van der Waals surface area contributed by atoms with Crippen LogP contribution in [0, 0.1) is 12.7 Å². The summed E-state index contributed by atoms with van der Waals surface area (Å²) in [5.74, 6) is -0.837. The normalized spacial score (nSPS) is 11.1. The number of anilines is 2. The molecule has 0 fully saturated rings. The molecule has 0 aliphatic rings. The summed E-state index contributed by atoms with van der Waals surface area (Å²) in [6, 6.07) is 10.7. The fourth-order valence-electron chi connectivity index (χ4n) is 2.43. The van der Waals surface area contributed by atoms with Crippen LogP contribution >= 0.6 is 0 Å². The van der Waals surface area contributed by atoms with E-state index in [0.29, 0.717) is 0 Å². The molecule has 0 saturated heterocycles. The van der Waals surface area contributed by atoms with E-state index < -0.39 is 23.6 Å². The van der Waals surface area contributed by atoms with Crippen LogP contribution in [-0.2, 0) is 6.18 Å². The van der Waals surface area contributed by atoms with Gasteiger partial charge in [-0.15, -0.1) is 0 Å². The molecule has 3 aromatic rings. The smallest absolute Gasteiger partial charge is 0.416 e. The monoisotopic (exact) mass is 405 g/mol. The Morgan fingerprint density at radius 1 is 1.00 bits per heavy atom. The fraction of sp³-hybridized carbons (Fsp3) is 0.100. The van der Waals surface area contributed by atoms with Crippen molar-refractivity contribution in [1.82, 2.24) is 4.98 Å². The average Bonchev–Trinajstić information content (AvgIpc) is 2.66. The third-order valence-corrected chi connectivity index (χ3v) is 3.77.